The first-order valence-corrected chi connectivity index (χ1v) is 6.45. The molecule has 2 N–H and O–H groups in total. The van der Waals surface area contributed by atoms with E-state index in [1.807, 2.05) is 12.1 Å². The maximum atomic E-state index is 6.28. The van der Waals surface area contributed by atoms with Crippen LogP contribution in [0.1, 0.15) is 28.3 Å². The lowest BCUT2D eigenvalue weighted by Gasteiger charge is -2.14. The van der Waals surface area contributed by atoms with E-state index in [4.69, 9.17) is 5.73 Å². The number of halogens is 1. The van der Waals surface area contributed by atoms with Gasteiger partial charge in [-0.1, -0.05) is 46.3 Å². The van der Waals surface area contributed by atoms with Crippen LogP contribution in [-0.4, -0.2) is 0 Å². The van der Waals surface area contributed by atoms with E-state index in [9.17, 15) is 0 Å². The van der Waals surface area contributed by atoms with Crippen molar-refractivity contribution in [3.8, 4) is 0 Å². The van der Waals surface area contributed by atoms with Gasteiger partial charge in [-0.15, -0.1) is 0 Å². The molecule has 2 rings (SSSR count). The van der Waals surface area contributed by atoms with Crippen molar-refractivity contribution in [1.82, 2.24) is 0 Å². The lowest BCUT2D eigenvalue weighted by Crippen LogP contribution is -2.12. The molecule has 0 aliphatic heterocycles. The second-order valence-electron chi connectivity index (χ2n) is 4.38. The lowest BCUT2D eigenvalue weighted by atomic mass is 9.96. The van der Waals surface area contributed by atoms with E-state index in [0.29, 0.717) is 0 Å². The van der Waals surface area contributed by atoms with E-state index in [2.05, 4.69) is 60.1 Å². The second kappa shape index (κ2) is 5.03. The van der Waals surface area contributed by atoms with Gasteiger partial charge < -0.3 is 5.73 Å². The van der Waals surface area contributed by atoms with E-state index in [0.717, 1.165) is 15.6 Å². The summed E-state index contributed by atoms with van der Waals surface area (Å²) in [5, 5.41) is 0. The lowest BCUT2D eigenvalue weighted by molar-refractivity contribution is 0.868. The van der Waals surface area contributed by atoms with Crippen molar-refractivity contribution < 1.29 is 0 Å². The molecule has 17 heavy (non-hydrogen) atoms. The van der Waals surface area contributed by atoms with Gasteiger partial charge in [-0.3, -0.25) is 0 Å². The van der Waals surface area contributed by atoms with Crippen molar-refractivity contribution in [2.24, 2.45) is 5.73 Å². The van der Waals surface area contributed by atoms with Crippen LogP contribution in [0.3, 0.4) is 0 Å². The van der Waals surface area contributed by atoms with Gasteiger partial charge >= 0.3 is 0 Å². The van der Waals surface area contributed by atoms with Crippen LogP contribution < -0.4 is 5.73 Å². The molecule has 0 aromatic heterocycles. The quantitative estimate of drug-likeness (QED) is 0.884. The molecular formula is C15H16BrN. The van der Waals surface area contributed by atoms with E-state index in [1.54, 1.807) is 0 Å². The fourth-order valence-corrected chi connectivity index (χ4v) is 2.27. The summed E-state index contributed by atoms with van der Waals surface area (Å²) in [6.45, 7) is 4.23. The predicted octanol–water partition coefficient (Wildman–Crippen LogP) is 4.11. The van der Waals surface area contributed by atoms with Gasteiger partial charge in [-0.05, 0) is 48.2 Å². The zero-order valence-electron chi connectivity index (χ0n) is 10.1. The van der Waals surface area contributed by atoms with Crippen LogP contribution in [0.4, 0.5) is 0 Å². The molecule has 1 nitrogen and oxygen atoms in total. The van der Waals surface area contributed by atoms with Crippen LogP contribution >= 0.6 is 15.9 Å². The Labute approximate surface area is 111 Å². The van der Waals surface area contributed by atoms with Crippen molar-refractivity contribution in [3.63, 3.8) is 0 Å². The molecule has 0 aliphatic rings. The van der Waals surface area contributed by atoms with Gasteiger partial charge in [0.2, 0.25) is 0 Å². The van der Waals surface area contributed by atoms with Crippen molar-refractivity contribution >= 4 is 15.9 Å². The fraction of sp³-hybridized carbons (Fsp3) is 0.200. The maximum absolute atomic E-state index is 6.28. The van der Waals surface area contributed by atoms with Crippen molar-refractivity contribution in [2.45, 2.75) is 19.9 Å². The summed E-state index contributed by atoms with van der Waals surface area (Å²) in [4.78, 5) is 0. The van der Waals surface area contributed by atoms with Gasteiger partial charge in [0.25, 0.3) is 0 Å². The Morgan fingerprint density at radius 2 is 1.65 bits per heavy atom. The molecule has 0 saturated heterocycles. The molecule has 88 valence electrons. The molecule has 0 saturated carbocycles. The van der Waals surface area contributed by atoms with Crippen LogP contribution in [0, 0.1) is 13.8 Å². The highest BCUT2D eigenvalue weighted by molar-refractivity contribution is 9.10. The minimum Gasteiger partial charge on any atom is -0.320 e. The Morgan fingerprint density at radius 1 is 0.941 bits per heavy atom. The molecule has 1 atom stereocenters. The van der Waals surface area contributed by atoms with Gasteiger partial charge in [0.05, 0.1) is 6.04 Å². The summed E-state index contributed by atoms with van der Waals surface area (Å²) in [7, 11) is 0. The van der Waals surface area contributed by atoms with Gasteiger partial charge in [-0.2, -0.15) is 0 Å². The Bertz CT molecular complexity index is 534. The first kappa shape index (κ1) is 12.3. The summed E-state index contributed by atoms with van der Waals surface area (Å²) in [6, 6.07) is 14.5. The number of rotatable bonds is 2. The van der Waals surface area contributed by atoms with Crippen LogP contribution in [0.2, 0.25) is 0 Å². The molecule has 2 aromatic carbocycles. The Balaban J connectivity index is 2.36. The zero-order chi connectivity index (χ0) is 12.4. The average molecular weight is 290 g/mol. The van der Waals surface area contributed by atoms with Crippen LogP contribution in [0.5, 0.6) is 0 Å². The smallest absolute Gasteiger partial charge is 0.0552 e. The summed E-state index contributed by atoms with van der Waals surface area (Å²) in [6.07, 6.45) is 0. The maximum Gasteiger partial charge on any atom is 0.0552 e. The van der Waals surface area contributed by atoms with Gasteiger partial charge in [-0.25, -0.2) is 0 Å². The van der Waals surface area contributed by atoms with Crippen LogP contribution in [0.15, 0.2) is 46.9 Å². The van der Waals surface area contributed by atoms with Crippen molar-refractivity contribution in [2.75, 3.05) is 0 Å². The summed E-state index contributed by atoms with van der Waals surface area (Å²) in [5.41, 5.74) is 11.2. The molecule has 0 aliphatic carbocycles. The molecule has 2 heteroatoms. The molecule has 1 unspecified atom stereocenters. The molecule has 0 bridgehead atoms. The summed E-state index contributed by atoms with van der Waals surface area (Å²) in [5.74, 6) is 0. The van der Waals surface area contributed by atoms with E-state index < -0.39 is 0 Å². The summed E-state index contributed by atoms with van der Waals surface area (Å²) < 4.78 is 1.06. The molecular weight excluding hydrogens is 274 g/mol. The third kappa shape index (κ3) is 2.76. The monoisotopic (exact) mass is 289 g/mol. The van der Waals surface area contributed by atoms with Crippen molar-refractivity contribution in [3.05, 3.63) is 69.2 Å². The third-order valence-corrected chi connectivity index (χ3v) is 3.59. The predicted molar refractivity (Wildman–Crippen MR) is 76.1 cm³/mol. The fourth-order valence-electron chi connectivity index (χ4n) is 1.85. The molecule has 0 heterocycles. The van der Waals surface area contributed by atoms with Gasteiger partial charge in [0, 0.05) is 4.47 Å². The Hall–Kier alpha value is -1.12. The SMILES string of the molecule is Cc1ccc(C(N)c2cccc(Br)c2)cc1C. The van der Waals surface area contributed by atoms with Gasteiger partial charge in [0.15, 0.2) is 0 Å². The van der Waals surface area contributed by atoms with Crippen LogP contribution in [0.25, 0.3) is 0 Å². The molecule has 0 amide bonds. The minimum atomic E-state index is -0.0631. The highest BCUT2D eigenvalue weighted by atomic mass is 79.9. The molecule has 0 spiro atoms. The molecule has 0 radical (unpaired) electrons. The Morgan fingerprint density at radius 3 is 2.29 bits per heavy atom. The average Bonchev–Trinajstić information content (AvgIpc) is 2.32. The number of hydrogen-bond donors (Lipinski definition) is 1. The van der Waals surface area contributed by atoms with Gasteiger partial charge in [0.1, 0.15) is 0 Å². The number of benzene rings is 2. The standard InChI is InChI=1S/C15H16BrN/c1-10-6-7-13(8-11(10)2)15(17)12-4-3-5-14(16)9-12/h3-9,15H,17H2,1-2H3. The number of aryl methyl sites for hydroxylation is 2. The zero-order valence-corrected chi connectivity index (χ0v) is 11.7. The largest absolute Gasteiger partial charge is 0.320 e. The molecule has 0 fully saturated rings. The summed E-state index contributed by atoms with van der Waals surface area (Å²) >= 11 is 3.47. The number of nitrogens with two attached hydrogens (primary N) is 1. The first-order valence-electron chi connectivity index (χ1n) is 5.66. The minimum absolute atomic E-state index is 0.0631. The third-order valence-electron chi connectivity index (χ3n) is 3.10. The normalized spacial score (nSPS) is 12.5. The second-order valence-corrected chi connectivity index (χ2v) is 5.29. The highest BCUT2D eigenvalue weighted by Gasteiger charge is 2.09. The van der Waals surface area contributed by atoms with E-state index in [1.165, 1.54) is 11.1 Å². The topological polar surface area (TPSA) is 26.0 Å². The van der Waals surface area contributed by atoms with E-state index >= 15 is 0 Å². The number of hydrogen-bond acceptors (Lipinski definition) is 1. The van der Waals surface area contributed by atoms with E-state index in [-0.39, 0.29) is 6.04 Å². The van der Waals surface area contributed by atoms with Crippen molar-refractivity contribution in [1.29, 1.82) is 0 Å². The highest BCUT2D eigenvalue weighted by Crippen LogP contribution is 2.23. The Kier molecular flexibility index (Phi) is 3.65. The van der Waals surface area contributed by atoms with Crippen LogP contribution in [-0.2, 0) is 0 Å². The first-order chi connectivity index (χ1) is 8.08. The molecule has 2 aromatic rings.